The minimum absolute atomic E-state index is 0.0126. The monoisotopic (exact) mass is 202 g/mol. The Bertz CT molecular complexity index is 252. The molecule has 80 valence electrons. The van der Waals surface area contributed by atoms with E-state index in [1.54, 1.807) is 0 Å². The lowest BCUT2D eigenvalue weighted by Crippen LogP contribution is -2.54. The van der Waals surface area contributed by atoms with E-state index in [1.165, 1.54) is 6.92 Å². The highest BCUT2D eigenvalue weighted by atomic mass is 16.4. The first kappa shape index (κ1) is 12.2. The highest BCUT2D eigenvalue weighted by Gasteiger charge is 2.21. The summed E-state index contributed by atoms with van der Waals surface area (Å²) in [5.74, 6) is -3.26. The summed E-state index contributed by atoms with van der Waals surface area (Å²) in [6.45, 7) is 1.46. The predicted octanol–water partition coefficient (Wildman–Crippen LogP) is -3.35. The Morgan fingerprint density at radius 1 is 1.36 bits per heavy atom. The summed E-state index contributed by atoms with van der Waals surface area (Å²) in [5, 5.41) is 20.7. The molecule has 1 atom stereocenters. The van der Waals surface area contributed by atoms with Gasteiger partial charge in [-0.05, 0) is 6.92 Å². The van der Waals surface area contributed by atoms with Gasteiger partial charge in [-0.15, -0.1) is 0 Å². The van der Waals surface area contributed by atoms with E-state index in [9.17, 15) is 24.6 Å². The first-order chi connectivity index (χ1) is 6.40. The third-order valence-electron chi connectivity index (χ3n) is 1.63. The van der Waals surface area contributed by atoms with Crippen molar-refractivity contribution >= 4 is 18.0 Å². The molecule has 7 heteroatoms. The number of hydrogen-bond donors (Lipinski definition) is 1. The number of aliphatic carboxylic acids is 2. The number of hydrogen-bond acceptors (Lipinski definition) is 5. The van der Waals surface area contributed by atoms with Gasteiger partial charge in [-0.3, -0.25) is 0 Å². The van der Waals surface area contributed by atoms with Crippen LogP contribution in [0, 0.1) is 0 Å². The van der Waals surface area contributed by atoms with Crippen molar-refractivity contribution in [1.29, 1.82) is 0 Å². The normalized spacial score (nSPS) is 11.8. The lowest BCUT2D eigenvalue weighted by Gasteiger charge is -2.30. The average Bonchev–Trinajstić information content (AvgIpc) is 2.02. The van der Waals surface area contributed by atoms with Crippen LogP contribution in [0.2, 0.25) is 0 Å². The molecule has 0 fully saturated rings. The van der Waals surface area contributed by atoms with Gasteiger partial charge in [0, 0.05) is 18.9 Å². The van der Waals surface area contributed by atoms with Gasteiger partial charge in [-0.2, -0.15) is 0 Å². The number of amides is 2. The van der Waals surface area contributed by atoms with Crippen molar-refractivity contribution < 1.29 is 24.6 Å². The van der Waals surface area contributed by atoms with Crippen molar-refractivity contribution in [2.45, 2.75) is 19.4 Å². The van der Waals surface area contributed by atoms with Crippen LogP contribution in [-0.2, 0) is 9.59 Å². The van der Waals surface area contributed by atoms with Crippen LogP contribution >= 0.6 is 0 Å². The zero-order chi connectivity index (χ0) is 11.3. The third kappa shape index (κ3) is 3.30. The smallest absolute Gasteiger partial charge is 0.315 e. The molecule has 0 heterocycles. The Kier molecular flexibility index (Phi) is 4.41. The molecule has 7 nitrogen and oxygen atoms in total. The summed E-state index contributed by atoms with van der Waals surface area (Å²) in [5.41, 5.74) is 4.84. The van der Waals surface area contributed by atoms with Crippen molar-refractivity contribution in [2.75, 3.05) is 6.54 Å². The molecule has 0 aliphatic rings. The van der Waals surface area contributed by atoms with Crippen molar-refractivity contribution in [1.82, 2.24) is 4.90 Å². The van der Waals surface area contributed by atoms with Gasteiger partial charge in [0.1, 0.15) is 0 Å². The second-order valence-corrected chi connectivity index (χ2v) is 2.54. The van der Waals surface area contributed by atoms with E-state index >= 15 is 0 Å². The van der Waals surface area contributed by atoms with E-state index in [0.717, 1.165) is 0 Å². The zero-order valence-electron chi connectivity index (χ0n) is 7.56. The molecule has 0 spiro atoms. The molecule has 0 aliphatic carbocycles. The van der Waals surface area contributed by atoms with Crippen LogP contribution < -0.4 is 15.9 Å². The summed E-state index contributed by atoms with van der Waals surface area (Å²) >= 11 is 0. The maximum Gasteiger partial charge on any atom is 0.315 e. The standard InChI is InChI=1S/C7H12N2O5/c1-2-9(7(8)14)4(6(12)13)3-5(10)11/h4H,2-3H2,1H3,(H2,8,14)(H,10,11)(H,12,13)/p-2. The van der Waals surface area contributed by atoms with Crippen LogP contribution in [-0.4, -0.2) is 35.5 Å². The van der Waals surface area contributed by atoms with Crippen LogP contribution in [0.5, 0.6) is 0 Å². The summed E-state index contributed by atoms with van der Waals surface area (Å²) in [6.07, 6.45) is -0.834. The van der Waals surface area contributed by atoms with Gasteiger partial charge in [-0.1, -0.05) is 0 Å². The van der Waals surface area contributed by atoms with Crippen molar-refractivity contribution in [3.8, 4) is 0 Å². The molecule has 2 N–H and O–H groups in total. The van der Waals surface area contributed by atoms with E-state index in [-0.39, 0.29) is 6.54 Å². The largest absolute Gasteiger partial charge is 0.550 e. The number of carboxylic acids is 2. The van der Waals surface area contributed by atoms with Crippen LogP contribution in [0.3, 0.4) is 0 Å². The molecule has 0 saturated carbocycles. The van der Waals surface area contributed by atoms with Crippen LogP contribution in [0.4, 0.5) is 4.79 Å². The van der Waals surface area contributed by atoms with Gasteiger partial charge in [0.05, 0.1) is 12.0 Å². The van der Waals surface area contributed by atoms with E-state index in [1.807, 2.05) is 0 Å². The first-order valence-corrected chi connectivity index (χ1v) is 3.86. The van der Waals surface area contributed by atoms with Gasteiger partial charge in [0.2, 0.25) is 0 Å². The Balaban J connectivity index is 4.69. The molecule has 0 aromatic carbocycles. The lowest BCUT2D eigenvalue weighted by atomic mass is 10.2. The Morgan fingerprint density at radius 3 is 2.07 bits per heavy atom. The second-order valence-electron chi connectivity index (χ2n) is 2.54. The Morgan fingerprint density at radius 2 is 1.86 bits per heavy atom. The molecule has 0 aromatic heterocycles. The van der Waals surface area contributed by atoms with E-state index in [2.05, 4.69) is 0 Å². The van der Waals surface area contributed by atoms with E-state index in [4.69, 9.17) is 5.73 Å². The van der Waals surface area contributed by atoms with Gasteiger partial charge >= 0.3 is 6.03 Å². The SMILES string of the molecule is CCN(C(N)=O)C(CC(=O)[O-])C(=O)[O-]. The van der Waals surface area contributed by atoms with Gasteiger partial charge in [-0.25, -0.2) is 4.79 Å². The molecule has 0 saturated heterocycles. The number of nitrogens with two attached hydrogens (primary N) is 1. The molecule has 0 rings (SSSR count). The number of rotatable bonds is 5. The van der Waals surface area contributed by atoms with Gasteiger partial charge in [0.25, 0.3) is 0 Å². The zero-order valence-corrected chi connectivity index (χ0v) is 7.56. The van der Waals surface area contributed by atoms with E-state index in [0.29, 0.717) is 4.90 Å². The maximum atomic E-state index is 10.7. The summed E-state index contributed by atoms with van der Waals surface area (Å²) < 4.78 is 0. The fraction of sp³-hybridized carbons (Fsp3) is 0.571. The predicted molar refractivity (Wildman–Crippen MR) is 40.4 cm³/mol. The first-order valence-electron chi connectivity index (χ1n) is 3.86. The van der Waals surface area contributed by atoms with Crippen molar-refractivity contribution in [3.05, 3.63) is 0 Å². The molecular weight excluding hydrogens is 192 g/mol. The number of urea groups is 1. The summed E-state index contributed by atoms with van der Waals surface area (Å²) in [6, 6.07) is -2.59. The van der Waals surface area contributed by atoms with E-state index < -0.39 is 30.4 Å². The number of primary amides is 1. The fourth-order valence-electron chi connectivity index (χ4n) is 1.01. The highest BCUT2D eigenvalue weighted by molar-refractivity contribution is 5.84. The van der Waals surface area contributed by atoms with Crippen molar-refractivity contribution in [2.24, 2.45) is 5.73 Å². The topological polar surface area (TPSA) is 127 Å². The maximum absolute atomic E-state index is 10.7. The molecule has 0 radical (unpaired) electrons. The molecular formula is C7H10N2O5-2. The molecule has 2 amide bonds. The minimum atomic E-state index is -1.67. The molecule has 0 aliphatic heterocycles. The summed E-state index contributed by atoms with van der Waals surface area (Å²) in [7, 11) is 0. The van der Waals surface area contributed by atoms with Gasteiger partial charge in [0.15, 0.2) is 0 Å². The Hall–Kier alpha value is -1.79. The molecule has 0 bridgehead atoms. The average molecular weight is 202 g/mol. The minimum Gasteiger partial charge on any atom is -0.550 e. The molecule has 0 aromatic rings. The number of carboxylic acid groups (broad SMARTS) is 2. The number of carbonyl (C=O) groups excluding carboxylic acids is 3. The van der Waals surface area contributed by atoms with Crippen molar-refractivity contribution in [3.63, 3.8) is 0 Å². The highest BCUT2D eigenvalue weighted by Crippen LogP contribution is 2.02. The quantitative estimate of drug-likeness (QED) is 0.498. The summed E-state index contributed by atoms with van der Waals surface area (Å²) in [4.78, 5) is 32.1. The van der Waals surface area contributed by atoms with Crippen LogP contribution in [0.15, 0.2) is 0 Å². The Labute approximate surface area is 80.1 Å². The number of nitrogens with zero attached hydrogens (tertiary/aromatic N) is 1. The second kappa shape index (κ2) is 5.05. The van der Waals surface area contributed by atoms with Crippen LogP contribution in [0.1, 0.15) is 13.3 Å². The molecule has 1 unspecified atom stereocenters. The fourth-order valence-corrected chi connectivity index (χ4v) is 1.01. The molecule has 14 heavy (non-hydrogen) atoms. The number of likely N-dealkylation sites (N-methyl/N-ethyl adjacent to an activating group) is 1. The van der Waals surface area contributed by atoms with Gasteiger partial charge < -0.3 is 30.4 Å². The number of carbonyl (C=O) groups is 3. The third-order valence-corrected chi connectivity index (χ3v) is 1.63. The lowest BCUT2D eigenvalue weighted by molar-refractivity contribution is -0.319. The van der Waals surface area contributed by atoms with Crippen LogP contribution in [0.25, 0.3) is 0 Å².